The van der Waals surface area contributed by atoms with E-state index in [1.54, 1.807) is 17.8 Å². The van der Waals surface area contributed by atoms with Gasteiger partial charge >= 0.3 is 0 Å². The minimum atomic E-state index is -0.421. The second-order valence-electron chi connectivity index (χ2n) is 3.10. The molecule has 0 aliphatic heterocycles. The van der Waals surface area contributed by atoms with Crippen LogP contribution in [0.15, 0.2) is 47.9 Å². The highest BCUT2D eigenvalue weighted by Crippen LogP contribution is 2.17. The first-order chi connectivity index (χ1) is 7.33. The lowest BCUT2D eigenvalue weighted by atomic mass is 10.4. The van der Waals surface area contributed by atoms with Crippen molar-refractivity contribution < 1.29 is 9.84 Å². The van der Waals surface area contributed by atoms with Crippen molar-refractivity contribution in [2.75, 3.05) is 19.0 Å². The van der Waals surface area contributed by atoms with Crippen LogP contribution in [0, 0.1) is 0 Å². The average Bonchev–Trinajstić information content (AvgIpc) is 2.28. The predicted molar refractivity (Wildman–Crippen MR) is 64.2 cm³/mol. The second kappa shape index (κ2) is 7.51. The van der Waals surface area contributed by atoms with E-state index in [2.05, 4.69) is 6.58 Å². The summed E-state index contributed by atoms with van der Waals surface area (Å²) in [6, 6.07) is 10.0. The highest BCUT2D eigenvalue weighted by molar-refractivity contribution is 7.99. The van der Waals surface area contributed by atoms with E-state index < -0.39 is 6.10 Å². The van der Waals surface area contributed by atoms with Crippen LogP contribution < -0.4 is 0 Å². The molecule has 0 saturated heterocycles. The summed E-state index contributed by atoms with van der Waals surface area (Å²) in [5.74, 6) is 0.654. The summed E-state index contributed by atoms with van der Waals surface area (Å²) in [4.78, 5) is 1.17. The summed E-state index contributed by atoms with van der Waals surface area (Å²) in [5, 5.41) is 9.56. The molecule has 82 valence electrons. The van der Waals surface area contributed by atoms with Crippen LogP contribution in [0.4, 0.5) is 0 Å². The normalized spacial score (nSPS) is 12.3. The Kier molecular flexibility index (Phi) is 6.16. The van der Waals surface area contributed by atoms with Gasteiger partial charge in [-0.2, -0.15) is 0 Å². The molecule has 1 atom stereocenters. The Balaban J connectivity index is 2.16. The van der Waals surface area contributed by atoms with Crippen LogP contribution in [0.5, 0.6) is 0 Å². The molecule has 0 fully saturated rings. The number of hydrogen-bond donors (Lipinski definition) is 1. The first-order valence-electron chi connectivity index (χ1n) is 4.87. The summed E-state index contributed by atoms with van der Waals surface area (Å²) in [7, 11) is 0. The number of aliphatic hydroxyl groups excluding tert-OH is 1. The maximum absolute atomic E-state index is 9.56. The van der Waals surface area contributed by atoms with Crippen LogP contribution in [0.25, 0.3) is 0 Å². The zero-order valence-electron chi connectivity index (χ0n) is 8.63. The van der Waals surface area contributed by atoms with E-state index in [0.29, 0.717) is 19.0 Å². The molecule has 0 aromatic heterocycles. The van der Waals surface area contributed by atoms with Gasteiger partial charge in [-0.05, 0) is 12.1 Å². The molecule has 2 nitrogen and oxygen atoms in total. The Morgan fingerprint density at radius 3 is 2.80 bits per heavy atom. The van der Waals surface area contributed by atoms with Gasteiger partial charge in [-0.1, -0.05) is 24.3 Å². The molecule has 0 saturated carbocycles. The van der Waals surface area contributed by atoms with Gasteiger partial charge in [0.05, 0.1) is 19.3 Å². The maximum Gasteiger partial charge on any atom is 0.0867 e. The van der Waals surface area contributed by atoms with Gasteiger partial charge in [0.25, 0.3) is 0 Å². The Bertz CT molecular complexity index is 274. The lowest BCUT2D eigenvalue weighted by molar-refractivity contribution is 0.0625. The van der Waals surface area contributed by atoms with Crippen molar-refractivity contribution in [1.29, 1.82) is 0 Å². The van der Waals surface area contributed by atoms with Crippen molar-refractivity contribution in [3.8, 4) is 0 Å². The first kappa shape index (κ1) is 12.3. The molecular weight excluding hydrogens is 208 g/mol. The van der Waals surface area contributed by atoms with Crippen LogP contribution in [-0.4, -0.2) is 30.2 Å². The first-order valence-corrected chi connectivity index (χ1v) is 5.86. The molecule has 0 bridgehead atoms. The third-order valence-electron chi connectivity index (χ3n) is 1.73. The molecule has 3 heteroatoms. The summed E-state index contributed by atoms with van der Waals surface area (Å²) in [6.45, 7) is 4.40. The lowest BCUT2D eigenvalue weighted by Gasteiger charge is -2.09. The Morgan fingerprint density at radius 1 is 1.40 bits per heavy atom. The van der Waals surface area contributed by atoms with Crippen molar-refractivity contribution >= 4 is 11.8 Å². The fourth-order valence-electron chi connectivity index (χ4n) is 1.04. The molecule has 1 unspecified atom stereocenters. The Labute approximate surface area is 95.0 Å². The fourth-order valence-corrected chi connectivity index (χ4v) is 1.88. The average molecular weight is 224 g/mol. The fraction of sp³-hybridized carbons (Fsp3) is 0.333. The van der Waals surface area contributed by atoms with Crippen LogP contribution in [0.3, 0.4) is 0 Å². The van der Waals surface area contributed by atoms with Crippen LogP contribution >= 0.6 is 11.8 Å². The van der Waals surface area contributed by atoms with Gasteiger partial charge in [-0.15, -0.1) is 18.3 Å². The third kappa shape index (κ3) is 5.62. The van der Waals surface area contributed by atoms with Gasteiger partial charge in [0.15, 0.2) is 0 Å². The van der Waals surface area contributed by atoms with E-state index in [1.807, 2.05) is 30.3 Å². The van der Waals surface area contributed by atoms with Crippen molar-refractivity contribution in [2.45, 2.75) is 11.0 Å². The Hall–Kier alpha value is -0.770. The van der Waals surface area contributed by atoms with Gasteiger partial charge in [-0.25, -0.2) is 0 Å². The lowest BCUT2D eigenvalue weighted by Crippen LogP contribution is -2.17. The summed E-state index contributed by atoms with van der Waals surface area (Å²) in [5.41, 5.74) is 0. The third-order valence-corrected chi connectivity index (χ3v) is 2.89. The van der Waals surface area contributed by atoms with Crippen LogP contribution in [-0.2, 0) is 4.74 Å². The van der Waals surface area contributed by atoms with Crippen molar-refractivity contribution in [2.24, 2.45) is 0 Å². The minimum Gasteiger partial charge on any atom is -0.390 e. The van der Waals surface area contributed by atoms with Crippen LogP contribution in [0.2, 0.25) is 0 Å². The minimum absolute atomic E-state index is 0.367. The molecule has 0 spiro atoms. The van der Waals surface area contributed by atoms with Crippen molar-refractivity contribution in [3.63, 3.8) is 0 Å². The number of ether oxygens (including phenoxy) is 1. The molecule has 0 aliphatic rings. The number of rotatable bonds is 7. The second-order valence-corrected chi connectivity index (χ2v) is 4.20. The van der Waals surface area contributed by atoms with E-state index in [0.717, 1.165) is 0 Å². The monoisotopic (exact) mass is 224 g/mol. The number of aliphatic hydroxyl groups is 1. The van der Waals surface area contributed by atoms with Gasteiger partial charge < -0.3 is 9.84 Å². The van der Waals surface area contributed by atoms with Gasteiger partial charge in [0.1, 0.15) is 0 Å². The topological polar surface area (TPSA) is 29.5 Å². The molecule has 0 aliphatic carbocycles. The van der Waals surface area contributed by atoms with E-state index >= 15 is 0 Å². The summed E-state index contributed by atoms with van der Waals surface area (Å²) < 4.78 is 5.15. The van der Waals surface area contributed by atoms with Gasteiger partial charge in [0, 0.05) is 10.6 Å². The van der Waals surface area contributed by atoms with Gasteiger partial charge in [-0.3, -0.25) is 0 Å². The van der Waals surface area contributed by atoms with Crippen molar-refractivity contribution in [3.05, 3.63) is 43.0 Å². The molecule has 1 rings (SSSR count). The summed E-state index contributed by atoms with van der Waals surface area (Å²) >= 11 is 1.63. The van der Waals surface area contributed by atoms with E-state index in [9.17, 15) is 5.11 Å². The maximum atomic E-state index is 9.56. The molecule has 0 heterocycles. The van der Waals surface area contributed by atoms with E-state index in [-0.39, 0.29) is 0 Å². The highest BCUT2D eigenvalue weighted by atomic mass is 32.2. The quantitative estimate of drug-likeness (QED) is 0.438. The zero-order chi connectivity index (χ0) is 10.9. The molecular formula is C12H16O2S. The molecule has 0 radical (unpaired) electrons. The van der Waals surface area contributed by atoms with Crippen molar-refractivity contribution in [1.82, 2.24) is 0 Å². The number of benzene rings is 1. The van der Waals surface area contributed by atoms with Crippen LogP contribution in [0.1, 0.15) is 0 Å². The van der Waals surface area contributed by atoms with Gasteiger partial charge in [0.2, 0.25) is 0 Å². The standard InChI is InChI=1S/C12H16O2S/c1-2-8-14-9-11(13)10-15-12-6-4-3-5-7-12/h2-7,11,13H,1,8-10H2. The number of thioether (sulfide) groups is 1. The summed E-state index contributed by atoms with van der Waals surface area (Å²) in [6.07, 6.45) is 1.26. The highest BCUT2D eigenvalue weighted by Gasteiger charge is 2.04. The molecule has 1 aromatic carbocycles. The number of hydrogen-bond acceptors (Lipinski definition) is 3. The molecule has 15 heavy (non-hydrogen) atoms. The molecule has 1 N–H and O–H groups in total. The van der Waals surface area contributed by atoms with E-state index in [1.165, 1.54) is 4.90 Å². The SMILES string of the molecule is C=CCOCC(O)CSc1ccccc1. The molecule has 0 amide bonds. The predicted octanol–water partition coefficient (Wildman–Crippen LogP) is 2.34. The Morgan fingerprint density at radius 2 is 2.13 bits per heavy atom. The molecule has 1 aromatic rings. The largest absolute Gasteiger partial charge is 0.390 e. The smallest absolute Gasteiger partial charge is 0.0867 e. The van der Waals surface area contributed by atoms with E-state index in [4.69, 9.17) is 4.74 Å². The zero-order valence-corrected chi connectivity index (χ0v) is 9.45.